The van der Waals surface area contributed by atoms with Crippen molar-refractivity contribution in [3.05, 3.63) is 12.2 Å². The second-order valence-corrected chi connectivity index (χ2v) is 10.8. The van der Waals surface area contributed by atoms with Gasteiger partial charge >= 0.3 is 0 Å². The molecule has 3 heteroatoms. The Morgan fingerprint density at radius 1 is 1.08 bits per heavy atom. The average molecular weight is 413 g/mol. The van der Waals surface area contributed by atoms with Crippen molar-refractivity contribution in [1.82, 2.24) is 0 Å². The zero-order valence-electron chi connectivity index (χ0n) is 15.8. The van der Waals surface area contributed by atoms with Crippen molar-refractivity contribution >= 4 is 15.9 Å². The number of hydrogen-bond donors (Lipinski definition) is 1. The molecule has 0 radical (unpaired) electrons. The second-order valence-electron chi connectivity index (χ2n) is 10.2. The summed E-state index contributed by atoms with van der Waals surface area (Å²) in [7, 11) is 0. The minimum absolute atomic E-state index is 0.101. The van der Waals surface area contributed by atoms with Crippen LogP contribution in [0.3, 0.4) is 0 Å². The quantitative estimate of drug-likeness (QED) is 0.441. The zero-order valence-corrected chi connectivity index (χ0v) is 17.4. The summed E-state index contributed by atoms with van der Waals surface area (Å²) in [6.45, 7) is 8.73. The highest BCUT2D eigenvalue weighted by molar-refractivity contribution is 9.09. The van der Waals surface area contributed by atoms with Crippen LogP contribution in [0.1, 0.15) is 65.2 Å². The van der Waals surface area contributed by atoms with Gasteiger partial charge in [0.2, 0.25) is 0 Å². The smallest absolute Gasteiger partial charge is 0.104 e. The van der Waals surface area contributed by atoms with Gasteiger partial charge in [-0.25, -0.2) is 4.39 Å². The van der Waals surface area contributed by atoms with Crippen molar-refractivity contribution in [2.24, 2.45) is 40.9 Å². The lowest BCUT2D eigenvalue weighted by molar-refractivity contribution is -0.125. The van der Waals surface area contributed by atoms with Crippen LogP contribution in [0.4, 0.5) is 4.39 Å². The molecule has 142 valence electrons. The van der Waals surface area contributed by atoms with E-state index in [1.54, 1.807) is 0 Å². The Balaban J connectivity index is 1.58. The van der Waals surface area contributed by atoms with Gasteiger partial charge in [0, 0.05) is 5.33 Å². The molecule has 1 N–H and O–H groups in total. The largest absolute Gasteiger partial charge is 0.390 e. The number of aliphatic hydroxyl groups is 1. The van der Waals surface area contributed by atoms with Crippen molar-refractivity contribution in [3.8, 4) is 0 Å². The van der Waals surface area contributed by atoms with Gasteiger partial charge in [-0.15, -0.1) is 0 Å². The van der Waals surface area contributed by atoms with Crippen LogP contribution >= 0.6 is 15.9 Å². The molecule has 0 amide bonds. The number of halogens is 2. The predicted octanol–water partition coefficient (Wildman–Crippen LogP) is 5.91. The summed E-state index contributed by atoms with van der Waals surface area (Å²) >= 11 is 3.62. The van der Waals surface area contributed by atoms with Crippen LogP contribution in [-0.2, 0) is 0 Å². The van der Waals surface area contributed by atoms with E-state index in [-0.39, 0.29) is 5.92 Å². The van der Waals surface area contributed by atoms with Gasteiger partial charge in [0.25, 0.3) is 0 Å². The molecule has 1 nitrogen and oxygen atoms in total. The molecule has 0 heterocycles. The van der Waals surface area contributed by atoms with E-state index < -0.39 is 11.8 Å². The fourth-order valence-electron chi connectivity index (χ4n) is 7.77. The highest BCUT2D eigenvalue weighted by atomic mass is 79.9. The Hall–Kier alpha value is 0.110. The summed E-state index contributed by atoms with van der Waals surface area (Å²) in [6, 6.07) is 0. The third-order valence-corrected chi connectivity index (χ3v) is 9.63. The molecule has 0 saturated heterocycles. The molecule has 0 aliphatic heterocycles. The molecule has 4 aliphatic rings. The molecule has 0 aromatic rings. The maximum Gasteiger partial charge on any atom is 0.104 e. The summed E-state index contributed by atoms with van der Waals surface area (Å²) in [6.07, 6.45) is 7.65. The van der Waals surface area contributed by atoms with Crippen molar-refractivity contribution < 1.29 is 9.50 Å². The first-order chi connectivity index (χ1) is 11.8. The molecule has 25 heavy (non-hydrogen) atoms. The van der Waals surface area contributed by atoms with Crippen LogP contribution in [0.5, 0.6) is 0 Å². The number of allylic oxidation sites excluding steroid dienone is 1. The Morgan fingerprint density at radius 2 is 1.76 bits per heavy atom. The second kappa shape index (κ2) is 6.33. The highest BCUT2D eigenvalue weighted by Gasteiger charge is 2.59. The van der Waals surface area contributed by atoms with Gasteiger partial charge in [-0.3, -0.25) is 0 Å². The standard InChI is InChI=1S/C22H34BrFO/c1-13(12-23)18-4-5-19-16-10-20(24)17-11-21(2,25)8-6-15(17)14(16)7-9-22(18,19)3/h14-20,25H,1,4-12H2,2-3H3/t14-,15-,16-,17-,18-,19+,20-,21+,22-/m1/s1. The third-order valence-electron chi connectivity index (χ3n) is 8.91. The van der Waals surface area contributed by atoms with E-state index in [1.165, 1.54) is 31.3 Å². The monoisotopic (exact) mass is 412 g/mol. The van der Waals surface area contributed by atoms with E-state index in [4.69, 9.17) is 0 Å². The van der Waals surface area contributed by atoms with Crippen LogP contribution in [-0.4, -0.2) is 22.2 Å². The number of rotatable bonds is 2. The number of fused-ring (bicyclic) bond motifs is 5. The molecule has 0 aromatic carbocycles. The Morgan fingerprint density at radius 3 is 2.48 bits per heavy atom. The molecule has 0 bridgehead atoms. The summed E-state index contributed by atoms with van der Waals surface area (Å²) in [5, 5.41) is 11.4. The van der Waals surface area contributed by atoms with Gasteiger partial charge in [0.1, 0.15) is 6.17 Å². The van der Waals surface area contributed by atoms with Crippen molar-refractivity contribution in [2.45, 2.75) is 77.0 Å². The molecule has 4 aliphatic carbocycles. The minimum atomic E-state index is -0.709. The molecular weight excluding hydrogens is 379 g/mol. The molecule has 9 atom stereocenters. The Bertz CT molecular complexity index is 546. The lowest BCUT2D eigenvalue weighted by atomic mass is 9.48. The lowest BCUT2D eigenvalue weighted by Gasteiger charge is -2.57. The van der Waals surface area contributed by atoms with Gasteiger partial charge in [-0.05, 0) is 99.2 Å². The van der Waals surface area contributed by atoms with Crippen LogP contribution < -0.4 is 0 Å². The highest BCUT2D eigenvalue weighted by Crippen LogP contribution is 2.65. The zero-order chi connectivity index (χ0) is 18.0. The summed E-state index contributed by atoms with van der Waals surface area (Å²) in [4.78, 5) is 0. The fourth-order valence-corrected chi connectivity index (χ4v) is 8.16. The predicted molar refractivity (Wildman–Crippen MR) is 104 cm³/mol. The van der Waals surface area contributed by atoms with Gasteiger partial charge in [0.15, 0.2) is 0 Å². The van der Waals surface area contributed by atoms with E-state index in [0.29, 0.717) is 41.4 Å². The molecule has 0 spiro atoms. The molecular formula is C22H34BrFO. The van der Waals surface area contributed by atoms with E-state index >= 15 is 4.39 Å². The molecule has 4 rings (SSSR count). The summed E-state index contributed by atoms with van der Waals surface area (Å²) in [5.41, 5.74) is 1.04. The Labute approximate surface area is 161 Å². The van der Waals surface area contributed by atoms with Crippen LogP contribution in [0.2, 0.25) is 0 Å². The van der Waals surface area contributed by atoms with E-state index in [2.05, 4.69) is 29.4 Å². The first-order valence-corrected chi connectivity index (χ1v) is 11.5. The number of hydrogen-bond acceptors (Lipinski definition) is 1. The molecule has 0 unspecified atom stereocenters. The van der Waals surface area contributed by atoms with E-state index in [1.807, 2.05) is 6.92 Å². The van der Waals surface area contributed by atoms with E-state index in [0.717, 1.165) is 24.6 Å². The van der Waals surface area contributed by atoms with Gasteiger partial charge in [-0.1, -0.05) is 35.0 Å². The average Bonchev–Trinajstić information content (AvgIpc) is 2.91. The van der Waals surface area contributed by atoms with Gasteiger partial charge < -0.3 is 5.11 Å². The maximum atomic E-state index is 15.2. The maximum absolute atomic E-state index is 15.2. The van der Waals surface area contributed by atoms with Gasteiger partial charge in [0.05, 0.1) is 5.60 Å². The molecule has 4 saturated carbocycles. The third kappa shape index (κ3) is 2.87. The van der Waals surface area contributed by atoms with Crippen LogP contribution in [0.15, 0.2) is 12.2 Å². The minimum Gasteiger partial charge on any atom is -0.390 e. The number of alkyl halides is 2. The van der Waals surface area contributed by atoms with Crippen molar-refractivity contribution in [1.29, 1.82) is 0 Å². The summed E-state index contributed by atoms with van der Waals surface area (Å²) < 4.78 is 15.2. The SMILES string of the molecule is C=C(CBr)[C@H]1CC[C@H]2[C@@H]3C[C@@H](F)[C@@H]4C[C@@](C)(O)CC[C@@H]4[C@H]3CC[C@]12C. The van der Waals surface area contributed by atoms with E-state index in [9.17, 15) is 5.11 Å². The fraction of sp³-hybridized carbons (Fsp3) is 0.909. The van der Waals surface area contributed by atoms with Crippen molar-refractivity contribution in [3.63, 3.8) is 0 Å². The topological polar surface area (TPSA) is 20.2 Å². The van der Waals surface area contributed by atoms with Crippen LogP contribution in [0, 0.1) is 40.9 Å². The normalized spacial score (nSPS) is 55.2. The molecule has 4 fully saturated rings. The summed E-state index contributed by atoms with van der Waals surface area (Å²) in [5.74, 6) is 3.16. The lowest BCUT2D eigenvalue weighted by Crippen LogP contribution is -2.54. The van der Waals surface area contributed by atoms with Crippen LogP contribution in [0.25, 0.3) is 0 Å². The van der Waals surface area contributed by atoms with Gasteiger partial charge in [-0.2, -0.15) is 0 Å². The first-order valence-electron chi connectivity index (χ1n) is 10.4. The molecule has 0 aromatic heterocycles. The first kappa shape index (κ1) is 18.5. The Kier molecular flexibility index (Phi) is 4.68. The van der Waals surface area contributed by atoms with Crippen molar-refractivity contribution in [2.75, 3.05) is 5.33 Å².